The van der Waals surface area contributed by atoms with Crippen molar-refractivity contribution in [1.82, 2.24) is 10.3 Å². The van der Waals surface area contributed by atoms with Crippen LogP contribution in [0.15, 0.2) is 24.3 Å². The number of aromatic nitrogens is 1. The number of benzene rings is 1. The lowest BCUT2D eigenvalue weighted by molar-refractivity contribution is 0.154. The maximum Gasteiger partial charge on any atom is 0.0479 e. The zero-order valence-electron chi connectivity index (χ0n) is 12.2. The van der Waals surface area contributed by atoms with Gasteiger partial charge in [0.05, 0.1) is 0 Å². The van der Waals surface area contributed by atoms with Gasteiger partial charge < -0.3 is 15.4 Å². The summed E-state index contributed by atoms with van der Waals surface area (Å²) in [5.41, 5.74) is 3.63. The van der Waals surface area contributed by atoms with E-state index in [1.54, 1.807) is 0 Å². The van der Waals surface area contributed by atoms with E-state index in [1.807, 2.05) is 13.1 Å². The molecule has 0 aliphatic heterocycles. The van der Waals surface area contributed by atoms with E-state index in [4.69, 9.17) is 0 Å². The highest BCUT2D eigenvalue weighted by atomic mass is 16.3. The van der Waals surface area contributed by atoms with E-state index in [0.29, 0.717) is 5.92 Å². The van der Waals surface area contributed by atoms with Gasteiger partial charge in [-0.3, -0.25) is 0 Å². The summed E-state index contributed by atoms with van der Waals surface area (Å²) in [7, 11) is 1.97. The fourth-order valence-corrected chi connectivity index (χ4v) is 2.97. The van der Waals surface area contributed by atoms with Crippen LogP contribution in [0.3, 0.4) is 0 Å². The summed E-state index contributed by atoms with van der Waals surface area (Å²) in [4.78, 5) is 3.44. The summed E-state index contributed by atoms with van der Waals surface area (Å²) in [5, 5.41) is 14.3. The summed E-state index contributed by atoms with van der Waals surface area (Å²) >= 11 is 0. The molecule has 1 heterocycles. The molecule has 3 nitrogen and oxygen atoms in total. The third-order valence-electron chi connectivity index (χ3n) is 4.06. The Hall–Kier alpha value is -1.32. The summed E-state index contributed by atoms with van der Waals surface area (Å²) in [6, 6.07) is 8.52. The molecule has 0 bridgehead atoms. The molecule has 0 radical (unpaired) electrons. The molecule has 0 spiro atoms. The quantitative estimate of drug-likeness (QED) is 0.774. The van der Waals surface area contributed by atoms with Crippen molar-refractivity contribution in [2.24, 2.45) is 11.8 Å². The first-order valence-corrected chi connectivity index (χ1v) is 6.95. The Morgan fingerprint density at radius 3 is 2.53 bits per heavy atom. The summed E-state index contributed by atoms with van der Waals surface area (Å²) < 4.78 is 0. The van der Waals surface area contributed by atoms with Gasteiger partial charge >= 0.3 is 0 Å². The molecule has 2 atom stereocenters. The first-order chi connectivity index (χ1) is 9.10. The topological polar surface area (TPSA) is 48.0 Å². The van der Waals surface area contributed by atoms with Gasteiger partial charge in [0.2, 0.25) is 0 Å². The Bertz CT molecular complexity index is 545. The molecule has 0 aliphatic carbocycles. The SMILES string of the molecule is CNC(c1c(C)[nH]c2ccccc12)C(CO)C(C)C. The van der Waals surface area contributed by atoms with Crippen molar-refractivity contribution in [1.29, 1.82) is 0 Å². The first kappa shape index (κ1) is 14.1. The van der Waals surface area contributed by atoms with E-state index < -0.39 is 0 Å². The van der Waals surface area contributed by atoms with Gasteiger partial charge in [-0.25, -0.2) is 0 Å². The van der Waals surface area contributed by atoms with Crippen LogP contribution in [-0.4, -0.2) is 23.7 Å². The van der Waals surface area contributed by atoms with Crippen LogP contribution in [0.4, 0.5) is 0 Å². The lowest BCUT2D eigenvalue weighted by Gasteiger charge is -2.29. The number of aryl methyl sites for hydroxylation is 1. The molecule has 0 saturated carbocycles. The van der Waals surface area contributed by atoms with Gasteiger partial charge in [-0.05, 0) is 31.5 Å². The maximum atomic E-state index is 9.71. The number of hydrogen-bond donors (Lipinski definition) is 3. The second-order valence-electron chi connectivity index (χ2n) is 5.57. The van der Waals surface area contributed by atoms with Crippen molar-refractivity contribution < 1.29 is 5.11 Å². The minimum absolute atomic E-state index is 0.168. The zero-order valence-corrected chi connectivity index (χ0v) is 12.2. The van der Waals surface area contributed by atoms with Crippen molar-refractivity contribution in [2.45, 2.75) is 26.8 Å². The Morgan fingerprint density at radius 2 is 1.95 bits per heavy atom. The summed E-state index contributed by atoms with van der Waals surface area (Å²) in [5.74, 6) is 0.637. The summed E-state index contributed by atoms with van der Waals surface area (Å²) in [6.07, 6.45) is 0. The number of H-pyrrole nitrogens is 1. The van der Waals surface area contributed by atoms with E-state index in [9.17, 15) is 5.11 Å². The predicted molar refractivity (Wildman–Crippen MR) is 80.3 cm³/mol. The number of rotatable bonds is 5. The van der Waals surface area contributed by atoms with Crippen LogP contribution >= 0.6 is 0 Å². The van der Waals surface area contributed by atoms with Gasteiger partial charge in [0.1, 0.15) is 0 Å². The molecule has 104 valence electrons. The van der Waals surface area contributed by atoms with Gasteiger partial charge in [-0.15, -0.1) is 0 Å². The van der Waals surface area contributed by atoms with E-state index in [1.165, 1.54) is 16.6 Å². The average Bonchev–Trinajstić information content (AvgIpc) is 2.71. The number of nitrogens with one attached hydrogen (secondary N) is 2. The minimum atomic E-state index is 0.168. The molecule has 3 heteroatoms. The lowest BCUT2D eigenvalue weighted by Crippen LogP contribution is -2.31. The Labute approximate surface area is 115 Å². The van der Waals surface area contributed by atoms with Gasteiger partial charge in [0.15, 0.2) is 0 Å². The normalized spacial score (nSPS) is 15.1. The number of aliphatic hydroxyl groups is 1. The minimum Gasteiger partial charge on any atom is -0.396 e. The van der Waals surface area contributed by atoms with Gasteiger partial charge in [0, 0.05) is 35.2 Å². The smallest absolute Gasteiger partial charge is 0.0479 e. The molecule has 2 rings (SSSR count). The molecular formula is C16H24N2O. The molecule has 1 aromatic heterocycles. The molecule has 0 saturated heterocycles. The van der Waals surface area contributed by atoms with Crippen molar-refractivity contribution in [3.8, 4) is 0 Å². The van der Waals surface area contributed by atoms with Crippen molar-refractivity contribution in [3.63, 3.8) is 0 Å². The number of fused-ring (bicyclic) bond motifs is 1. The van der Waals surface area contributed by atoms with Gasteiger partial charge in [-0.1, -0.05) is 32.0 Å². The number of aliphatic hydroxyl groups excluding tert-OH is 1. The standard InChI is InChI=1S/C16H24N2O/c1-10(2)13(9-19)16(17-4)15-11(3)18-14-8-6-5-7-12(14)15/h5-8,10,13,16-19H,9H2,1-4H3. The van der Waals surface area contributed by atoms with E-state index >= 15 is 0 Å². The van der Waals surface area contributed by atoms with Crippen LogP contribution in [0.5, 0.6) is 0 Å². The van der Waals surface area contributed by atoms with Gasteiger partial charge in [0.25, 0.3) is 0 Å². The molecule has 0 amide bonds. The van der Waals surface area contributed by atoms with E-state index in [0.717, 1.165) is 5.52 Å². The lowest BCUT2D eigenvalue weighted by atomic mass is 9.84. The highest BCUT2D eigenvalue weighted by Gasteiger charge is 2.27. The fourth-order valence-electron chi connectivity index (χ4n) is 2.97. The first-order valence-electron chi connectivity index (χ1n) is 6.95. The number of hydrogen-bond acceptors (Lipinski definition) is 2. The van der Waals surface area contributed by atoms with Crippen LogP contribution in [0.2, 0.25) is 0 Å². The van der Waals surface area contributed by atoms with Crippen LogP contribution < -0.4 is 5.32 Å². The highest BCUT2D eigenvalue weighted by Crippen LogP contribution is 2.34. The maximum absolute atomic E-state index is 9.71. The van der Waals surface area contributed by atoms with Crippen LogP contribution in [0, 0.1) is 18.8 Å². The second kappa shape index (κ2) is 5.76. The molecule has 0 aliphatic rings. The van der Waals surface area contributed by atoms with E-state index in [2.05, 4.69) is 49.3 Å². The second-order valence-corrected chi connectivity index (χ2v) is 5.57. The zero-order chi connectivity index (χ0) is 14.0. The molecule has 19 heavy (non-hydrogen) atoms. The Morgan fingerprint density at radius 1 is 1.26 bits per heavy atom. The van der Waals surface area contributed by atoms with Crippen LogP contribution in [0.25, 0.3) is 10.9 Å². The summed E-state index contributed by atoms with van der Waals surface area (Å²) in [6.45, 7) is 6.63. The van der Waals surface area contributed by atoms with Crippen LogP contribution in [0.1, 0.15) is 31.1 Å². The average molecular weight is 260 g/mol. The molecule has 2 aromatic rings. The Kier molecular flexibility index (Phi) is 4.27. The monoisotopic (exact) mass is 260 g/mol. The van der Waals surface area contributed by atoms with E-state index in [-0.39, 0.29) is 18.6 Å². The number of aromatic amines is 1. The molecule has 1 aromatic carbocycles. The van der Waals surface area contributed by atoms with Crippen LogP contribution in [-0.2, 0) is 0 Å². The third-order valence-corrected chi connectivity index (χ3v) is 4.06. The Balaban J connectivity index is 2.54. The van der Waals surface area contributed by atoms with Crippen molar-refractivity contribution in [2.75, 3.05) is 13.7 Å². The highest BCUT2D eigenvalue weighted by molar-refractivity contribution is 5.85. The molecular weight excluding hydrogens is 236 g/mol. The van der Waals surface area contributed by atoms with Crippen molar-refractivity contribution in [3.05, 3.63) is 35.5 Å². The molecule has 0 fully saturated rings. The predicted octanol–water partition coefficient (Wildman–Crippen LogP) is 3.00. The van der Waals surface area contributed by atoms with Gasteiger partial charge in [-0.2, -0.15) is 0 Å². The van der Waals surface area contributed by atoms with Crippen molar-refractivity contribution >= 4 is 10.9 Å². The largest absolute Gasteiger partial charge is 0.396 e. The number of para-hydroxylation sites is 1. The molecule has 2 unspecified atom stereocenters. The molecule has 3 N–H and O–H groups in total. The fraction of sp³-hybridized carbons (Fsp3) is 0.500. The third kappa shape index (κ3) is 2.53.